The van der Waals surface area contributed by atoms with E-state index in [0.29, 0.717) is 5.56 Å². The van der Waals surface area contributed by atoms with Gasteiger partial charge in [-0.25, -0.2) is 4.79 Å². The van der Waals surface area contributed by atoms with E-state index in [1.807, 2.05) is 26.0 Å². The van der Waals surface area contributed by atoms with Gasteiger partial charge < -0.3 is 10.1 Å². The molecule has 1 saturated carbocycles. The number of ether oxygens (including phenoxy) is 1. The Morgan fingerprint density at radius 3 is 2.57 bits per heavy atom. The summed E-state index contributed by atoms with van der Waals surface area (Å²) in [5, 5.41) is 2.93. The summed E-state index contributed by atoms with van der Waals surface area (Å²) in [5.41, 5.74) is 2.48. The Labute approximate surface area is 125 Å². The number of rotatable bonds is 4. The molecule has 0 unspecified atom stereocenters. The van der Waals surface area contributed by atoms with Crippen LogP contribution >= 0.6 is 0 Å². The zero-order valence-corrected chi connectivity index (χ0v) is 12.8. The van der Waals surface area contributed by atoms with Gasteiger partial charge in [-0.1, -0.05) is 37.0 Å². The number of hydrogen-bond acceptors (Lipinski definition) is 3. The molecule has 4 heteroatoms. The van der Waals surface area contributed by atoms with E-state index >= 15 is 0 Å². The molecule has 1 aromatic carbocycles. The highest BCUT2D eigenvalue weighted by Gasteiger charge is 2.17. The third-order valence-corrected chi connectivity index (χ3v) is 3.91. The van der Waals surface area contributed by atoms with Crippen LogP contribution in [-0.2, 0) is 9.53 Å². The van der Waals surface area contributed by atoms with Gasteiger partial charge in [-0.15, -0.1) is 0 Å². The molecule has 0 bridgehead atoms. The molecule has 4 nitrogen and oxygen atoms in total. The lowest BCUT2D eigenvalue weighted by Gasteiger charge is -2.22. The molecule has 0 spiro atoms. The maximum Gasteiger partial charge on any atom is 0.338 e. The van der Waals surface area contributed by atoms with Gasteiger partial charge in [0.05, 0.1) is 5.56 Å². The van der Waals surface area contributed by atoms with Gasteiger partial charge in [0.2, 0.25) is 0 Å². The van der Waals surface area contributed by atoms with E-state index in [4.69, 9.17) is 4.74 Å². The average molecular weight is 289 g/mol. The van der Waals surface area contributed by atoms with E-state index in [9.17, 15) is 9.59 Å². The number of esters is 1. The smallest absolute Gasteiger partial charge is 0.338 e. The van der Waals surface area contributed by atoms with Crippen molar-refractivity contribution in [3.8, 4) is 0 Å². The van der Waals surface area contributed by atoms with Crippen molar-refractivity contribution in [1.29, 1.82) is 0 Å². The maximum absolute atomic E-state index is 12.0. The molecule has 0 heterocycles. The number of nitrogens with one attached hydrogen (secondary N) is 1. The number of carbonyl (C=O) groups excluding carboxylic acids is 2. The predicted octanol–water partition coefficient (Wildman–Crippen LogP) is 2.91. The second-order valence-corrected chi connectivity index (χ2v) is 5.80. The van der Waals surface area contributed by atoms with Crippen LogP contribution < -0.4 is 5.32 Å². The summed E-state index contributed by atoms with van der Waals surface area (Å²) in [4.78, 5) is 23.8. The molecule has 1 aromatic rings. The van der Waals surface area contributed by atoms with Crippen LogP contribution in [0.4, 0.5) is 0 Å². The fourth-order valence-corrected chi connectivity index (χ4v) is 2.77. The SMILES string of the molecule is Cc1ccc(C(=O)OCC(=O)NC2CCCCC2)c(C)c1. The summed E-state index contributed by atoms with van der Waals surface area (Å²) in [7, 11) is 0. The second-order valence-electron chi connectivity index (χ2n) is 5.80. The standard InChI is InChI=1S/C17H23NO3/c1-12-8-9-15(13(2)10-12)17(20)21-11-16(19)18-14-6-4-3-5-7-14/h8-10,14H,3-7,11H2,1-2H3,(H,18,19). The number of amides is 1. The summed E-state index contributed by atoms with van der Waals surface area (Å²) in [5.74, 6) is -0.647. The molecule has 0 aliphatic heterocycles. The molecule has 0 saturated heterocycles. The number of hydrogen-bond donors (Lipinski definition) is 1. The van der Waals surface area contributed by atoms with E-state index in [-0.39, 0.29) is 18.6 Å². The Kier molecular flexibility index (Phi) is 5.37. The third-order valence-electron chi connectivity index (χ3n) is 3.91. The fraction of sp³-hybridized carbons (Fsp3) is 0.529. The Morgan fingerprint density at radius 2 is 1.90 bits per heavy atom. The zero-order chi connectivity index (χ0) is 15.2. The minimum Gasteiger partial charge on any atom is -0.452 e. The van der Waals surface area contributed by atoms with Crippen molar-refractivity contribution >= 4 is 11.9 Å². The van der Waals surface area contributed by atoms with Crippen molar-refractivity contribution < 1.29 is 14.3 Å². The van der Waals surface area contributed by atoms with E-state index < -0.39 is 5.97 Å². The summed E-state index contributed by atoms with van der Waals surface area (Å²) < 4.78 is 5.10. The van der Waals surface area contributed by atoms with Crippen LogP contribution in [-0.4, -0.2) is 24.5 Å². The van der Waals surface area contributed by atoms with E-state index in [1.165, 1.54) is 6.42 Å². The number of benzene rings is 1. The Hall–Kier alpha value is -1.84. The van der Waals surface area contributed by atoms with Gasteiger partial charge in [0.25, 0.3) is 5.91 Å². The van der Waals surface area contributed by atoms with Gasteiger partial charge in [-0.3, -0.25) is 4.79 Å². The van der Waals surface area contributed by atoms with Crippen molar-refractivity contribution in [3.63, 3.8) is 0 Å². The van der Waals surface area contributed by atoms with Crippen molar-refractivity contribution in [1.82, 2.24) is 5.32 Å². The van der Waals surface area contributed by atoms with E-state index in [2.05, 4.69) is 5.32 Å². The summed E-state index contributed by atoms with van der Waals surface area (Å²) in [6, 6.07) is 5.78. The molecule has 1 N–H and O–H groups in total. The maximum atomic E-state index is 12.0. The molecule has 1 aliphatic rings. The molecule has 0 aromatic heterocycles. The van der Waals surface area contributed by atoms with Gasteiger partial charge in [-0.05, 0) is 38.3 Å². The molecule has 2 rings (SSSR count). The van der Waals surface area contributed by atoms with Crippen LogP contribution in [0, 0.1) is 13.8 Å². The van der Waals surface area contributed by atoms with Crippen molar-refractivity contribution in [2.75, 3.05) is 6.61 Å². The van der Waals surface area contributed by atoms with Crippen LogP contribution in [0.15, 0.2) is 18.2 Å². The second kappa shape index (κ2) is 7.25. The van der Waals surface area contributed by atoms with E-state index in [0.717, 1.165) is 36.8 Å². The molecular formula is C17H23NO3. The number of aryl methyl sites for hydroxylation is 2. The Bertz CT molecular complexity index is 519. The first-order valence-electron chi connectivity index (χ1n) is 7.60. The van der Waals surface area contributed by atoms with Crippen molar-refractivity contribution in [2.45, 2.75) is 52.0 Å². The minimum absolute atomic E-state index is 0.206. The number of carbonyl (C=O) groups is 2. The first-order chi connectivity index (χ1) is 10.1. The summed E-state index contributed by atoms with van der Waals surface area (Å²) in [6.07, 6.45) is 5.61. The predicted molar refractivity (Wildman–Crippen MR) is 81.2 cm³/mol. The van der Waals surface area contributed by atoms with Crippen LogP contribution in [0.1, 0.15) is 53.6 Å². The molecule has 1 aliphatic carbocycles. The molecule has 21 heavy (non-hydrogen) atoms. The highest BCUT2D eigenvalue weighted by Crippen LogP contribution is 2.17. The van der Waals surface area contributed by atoms with Crippen molar-refractivity contribution in [3.05, 3.63) is 34.9 Å². The quantitative estimate of drug-likeness (QED) is 0.867. The molecule has 114 valence electrons. The average Bonchev–Trinajstić information content (AvgIpc) is 2.46. The third kappa shape index (κ3) is 4.59. The van der Waals surface area contributed by atoms with E-state index in [1.54, 1.807) is 6.07 Å². The van der Waals surface area contributed by atoms with Crippen LogP contribution in [0.25, 0.3) is 0 Å². The monoisotopic (exact) mass is 289 g/mol. The van der Waals surface area contributed by atoms with Crippen LogP contribution in [0.5, 0.6) is 0 Å². The lowest BCUT2D eigenvalue weighted by atomic mass is 9.95. The Morgan fingerprint density at radius 1 is 1.19 bits per heavy atom. The normalized spacial score (nSPS) is 15.5. The highest BCUT2D eigenvalue weighted by molar-refractivity contribution is 5.92. The van der Waals surface area contributed by atoms with Crippen molar-refractivity contribution in [2.24, 2.45) is 0 Å². The molecular weight excluding hydrogens is 266 g/mol. The summed E-state index contributed by atoms with van der Waals surface area (Å²) in [6.45, 7) is 3.63. The molecule has 0 radical (unpaired) electrons. The highest BCUT2D eigenvalue weighted by atomic mass is 16.5. The molecule has 1 amide bonds. The topological polar surface area (TPSA) is 55.4 Å². The first-order valence-corrected chi connectivity index (χ1v) is 7.60. The van der Waals surface area contributed by atoms with Gasteiger partial charge >= 0.3 is 5.97 Å². The minimum atomic E-state index is -0.439. The van der Waals surface area contributed by atoms with Crippen LogP contribution in [0.3, 0.4) is 0 Å². The first kappa shape index (κ1) is 15.5. The van der Waals surface area contributed by atoms with Gasteiger partial charge in [0.15, 0.2) is 6.61 Å². The summed E-state index contributed by atoms with van der Waals surface area (Å²) >= 11 is 0. The van der Waals surface area contributed by atoms with Gasteiger partial charge in [0, 0.05) is 6.04 Å². The molecule has 1 fully saturated rings. The fourth-order valence-electron chi connectivity index (χ4n) is 2.77. The zero-order valence-electron chi connectivity index (χ0n) is 12.8. The molecule has 0 atom stereocenters. The van der Waals surface area contributed by atoms with Crippen LogP contribution in [0.2, 0.25) is 0 Å². The van der Waals surface area contributed by atoms with Gasteiger partial charge in [0.1, 0.15) is 0 Å². The Balaban J connectivity index is 1.81. The largest absolute Gasteiger partial charge is 0.452 e. The lowest BCUT2D eigenvalue weighted by Crippen LogP contribution is -2.38. The van der Waals surface area contributed by atoms with Gasteiger partial charge in [-0.2, -0.15) is 0 Å². The lowest BCUT2D eigenvalue weighted by molar-refractivity contribution is -0.125.